The van der Waals surface area contributed by atoms with Gasteiger partial charge in [-0.15, -0.1) is 0 Å². The molecule has 2 heterocycles. The second-order valence-electron chi connectivity index (χ2n) is 5.55. The van der Waals surface area contributed by atoms with Crippen molar-refractivity contribution in [2.45, 2.75) is 51.1 Å². The minimum Gasteiger partial charge on any atom is -0.341 e. The van der Waals surface area contributed by atoms with E-state index in [9.17, 15) is 13.2 Å². The van der Waals surface area contributed by atoms with E-state index in [0.29, 0.717) is 24.1 Å². The first-order valence-corrected chi connectivity index (χ1v) is 7.27. The maximum Gasteiger partial charge on any atom is 0.433 e. The highest BCUT2D eigenvalue weighted by Crippen LogP contribution is 2.35. The molecule has 0 saturated carbocycles. The van der Waals surface area contributed by atoms with Crippen LogP contribution in [0, 0.1) is 0 Å². The molecule has 3 nitrogen and oxygen atoms in total. The predicted octanol–water partition coefficient (Wildman–Crippen LogP) is 3.36. The van der Waals surface area contributed by atoms with Crippen LogP contribution < -0.4 is 4.90 Å². The number of hydrogen-bond acceptors (Lipinski definition) is 3. The second-order valence-corrected chi connectivity index (χ2v) is 5.55. The third-order valence-electron chi connectivity index (χ3n) is 4.08. The average Bonchev–Trinajstić information content (AvgIpc) is 2.82. The first kappa shape index (κ1) is 13.6. The molecule has 0 spiro atoms. The van der Waals surface area contributed by atoms with E-state index >= 15 is 0 Å². The van der Waals surface area contributed by atoms with E-state index in [-0.39, 0.29) is 5.95 Å². The summed E-state index contributed by atoms with van der Waals surface area (Å²) in [6, 6.07) is 0. The van der Waals surface area contributed by atoms with Gasteiger partial charge in [-0.25, -0.2) is 9.97 Å². The molecule has 0 radical (unpaired) electrons. The van der Waals surface area contributed by atoms with Crippen LogP contribution in [0.5, 0.6) is 0 Å². The summed E-state index contributed by atoms with van der Waals surface area (Å²) >= 11 is 0. The van der Waals surface area contributed by atoms with Gasteiger partial charge in [0.1, 0.15) is 0 Å². The molecule has 0 bridgehead atoms. The highest BCUT2D eigenvalue weighted by Gasteiger charge is 2.38. The van der Waals surface area contributed by atoms with Crippen LogP contribution in [0.1, 0.15) is 49.1 Å². The Kier molecular flexibility index (Phi) is 3.56. The lowest BCUT2D eigenvalue weighted by atomic mass is 10.1. The molecule has 20 heavy (non-hydrogen) atoms. The summed E-state index contributed by atoms with van der Waals surface area (Å²) in [6.45, 7) is 1.52. The summed E-state index contributed by atoms with van der Waals surface area (Å²) in [6.07, 6.45) is 1.39. The van der Waals surface area contributed by atoms with Gasteiger partial charge >= 0.3 is 6.18 Å². The van der Waals surface area contributed by atoms with Crippen LogP contribution in [0.3, 0.4) is 0 Å². The number of halogens is 3. The monoisotopic (exact) mass is 285 g/mol. The van der Waals surface area contributed by atoms with E-state index in [1.807, 2.05) is 4.90 Å². The van der Waals surface area contributed by atoms with Crippen LogP contribution in [-0.2, 0) is 19.0 Å². The molecule has 0 atom stereocenters. The Labute approximate surface area is 116 Å². The lowest BCUT2D eigenvalue weighted by Gasteiger charge is -2.20. The molecule has 6 heteroatoms. The van der Waals surface area contributed by atoms with Crippen molar-refractivity contribution in [2.75, 3.05) is 18.0 Å². The SMILES string of the molecule is FC(F)(F)c1nc(N2CCCC2)nc2c1CCCCC2. The zero-order chi connectivity index (χ0) is 14.2. The van der Waals surface area contributed by atoms with Crippen molar-refractivity contribution >= 4 is 5.95 Å². The van der Waals surface area contributed by atoms with E-state index in [2.05, 4.69) is 9.97 Å². The molecule has 2 aliphatic rings. The smallest absolute Gasteiger partial charge is 0.341 e. The van der Waals surface area contributed by atoms with Crippen molar-refractivity contribution in [1.29, 1.82) is 0 Å². The third-order valence-corrected chi connectivity index (χ3v) is 4.08. The van der Waals surface area contributed by atoms with E-state index in [0.717, 1.165) is 45.2 Å². The van der Waals surface area contributed by atoms with Gasteiger partial charge in [0.05, 0.1) is 0 Å². The van der Waals surface area contributed by atoms with Crippen LogP contribution in [0.2, 0.25) is 0 Å². The molecule has 1 aromatic rings. The number of nitrogens with zero attached hydrogens (tertiary/aromatic N) is 3. The molecule has 0 amide bonds. The summed E-state index contributed by atoms with van der Waals surface area (Å²) in [7, 11) is 0. The number of hydrogen-bond donors (Lipinski definition) is 0. The molecule has 0 aromatic carbocycles. The van der Waals surface area contributed by atoms with Crippen LogP contribution in [0.4, 0.5) is 19.1 Å². The Morgan fingerprint density at radius 1 is 0.850 bits per heavy atom. The number of rotatable bonds is 1. The highest BCUT2D eigenvalue weighted by atomic mass is 19.4. The van der Waals surface area contributed by atoms with Gasteiger partial charge in [-0.05, 0) is 38.5 Å². The molecule has 1 saturated heterocycles. The van der Waals surface area contributed by atoms with Gasteiger partial charge in [0.15, 0.2) is 5.69 Å². The van der Waals surface area contributed by atoms with Crippen molar-refractivity contribution in [3.05, 3.63) is 17.0 Å². The minimum atomic E-state index is -4.38. The Bertz CT molecular complexity index is 493. The summed E-state index contributed by atoms with van der Waals surface area (Å²) in [5.41, 5.74) is 0.246. The van der Waals surface area contributed by atoms with Gasteiger partial charge in [-0.2, -0.15) is 13.2 Å². The zero-order valence-corrected chi connectivity index (χ0v) is 11.3. The summed E-state index contributed by atoms with van der Waals surface area (Å²) < 4.78 is 39.8. The maximum atomic E-state index is 13.3. The molecule has 0 N–H and O–H groups in total. The first-order valence-electron chi connectivity index (χ1n) is 7.27. The Morgan fingerprint density at radius 3 is 2.25 bits per heavy atom. The van der Waals surface area contributed by atoms with Crippen LogP contribution in [-0.4, -0.2) is 23.1 Å². The Hall–Kier alpha value is -1.33. The fraction of sp³-hybridized carbons (Fsp3) is 0.714. The summed E-state index contributed by atoms with van der Waals surface area (Å²) in [5.74, 6) is 0.274. The number of fused-ring (bicyclic) bond motifs is 1. The topological polar surface area (TPSA) is 29.0 Å². The highest BCUT2D eigenvalue weighted by molar-refractivity contribution is 5.39. The minimum absolute atomic E-state index is 0.274. The van der Waals surface area contributed by atoms with Crippen molar-refractivity contribution in [1.82, 2.24) is 9.97 Å². The molecule has 1 fully saturated rings. The molecule has 3 rings (SSSR count). The van der Waals surface area contributed by atoms with Crippen LogP contribution in [0.15, 0.2) is 0 Å². The number of aromatic nitrogens is 2. The van der Waals surface area contributed by atoms with Gasteiger partial charge in [-0.1, -0.05) is 6.42 Å². The number of alkyl halides is 3. The molecule has 1 aliphatic heterocycles. The fourth-order valence-electron chi connectivity index (χ4n) is 3.05. The van der Waals surface area contributed by atoms with Crippen molar-refractivity contribution in [3.63, 3.8) is 0 Å². The largest absolute Gasteiger partial charge is 0.433 e. The molecule has 0 unspecified atom stereocenters. The third kappa shape index (κ3) is 2.60. The average molecular weight is 285 g/mol. The van der Waals surface area contributed by atoms with E-state index < -0.39 is 11.9 Å². The quantitative estimate of drug-likeness (QED) is 0.741. The molecule has 1 aliphatic carbocycles. The van der Waals surface area contributed by atoms with Crippen molar-refractivity contribution in [3.8, 4) is 0 Å². The van der Waals surface area contributed by atoms with Crippen molar-refractivity contribution in [2.24, 2.45) is 0 Å². The predicted molar refractivity (Wildman–Crippen MR) is 69.7 cm³/mol. The van der Waals surface area contributed by atoms with Gasteiger partial charge in [0.25, 0.3) is 0 Å². The van der Waals surface area contributed by atoms with Gasteiger partial charge < -0.3 is 4.90 Å². The maximum absolute atomic E-state index is 13.3. The Balaban J connectivity index is 2.07. The standard InChI is InChI=1S/C14H18F3N3/c15-14(16,17)12-10-6-2-1-3-7-11(10)18-13(19-12)20-8-4-5-9-20/h1-9H2. The van der Waals surface area contributed by atoms with Gasteiger partial charge in [0.2, 0.25) is 5.95 Å². The molecule has 110 valence electrons. The fourth-order valence-corrected chi connectivity index (χ4v) is 3.05. The van der Waals surface area contributed by atoms with Crippen LogP contribution in [0.25, 0.3) is 0 Å². The van der Waals surface area contributed by atoms with E-state index in [4.69, 9.17) is 0 Å². The number of anilines is 1. The van der Waals surface area contributed by atoms with Gasteiger partial charge in [0, 0.05) is 24.3 Å². The zero-order valence-electron chi connectivity index (χ0n) is 11.3. The van der Waals surface area contributed by atoms with Crippen LogP contribution >= 0.6 is 0 Å². The normalized spacial score (nSPS) is 19.9. The number of aryl methyl sites for hydroxylation is 1. The van der Waals surface area contributed by atoms with Crippen molar-refractivity contribution < 1.29 is 13.2 Å². The Morgan fingerprint density at radius 2 is 1.55 bits per heavy atom. The second kappa shape index (κ2) is 5.22. The lowest BCUT2D eigenvalue weighted by Crippen LogP contribution is -2.24. The summed E-state index contributed by atoms with van der Waals surface area (Å²) in [5, 5.41) is 0. The lowest BCUT2D eigenvalue weighted by molar-refractivity contribution is -0.141. The first-order chi connectivity index (χ1) is 9.55. The van der Waals surface area contributed by atoms with E-state index in [1.54, 1.807) is 0 Å². The molecular formula is C14H18F3N3. The molecule has 1 aromatic heterocycles. The van der Waals surface area contributed by atoms with E-state index in [1.165, 1.54) is 0 Å². The van der Waals surface area contributed by atoms with Gasteiger partial charge in [-0.3, -0.25) is 0 Å². The summed E-state index contributed by atoms with van der Waals surface area (Å²) in [4.78, 5) is 10.2. The molecular weight excluding hydrogens is 267 g/mol.